The van der Waals surface area contributed by atoms with Crippen LogP contribution in [0.1, 0.15) is 49.1 Å². The van der Waals surface area contributed by atoms with Crippen molar-refractivity contribution in [2.24, 2.45) is 17.8 Å². The lowest BCUT2D eigenvalue weighted by atomic mass is 9.79. The Kier molecular flexibility index (Phi) is 6.50. The van der Waals surface area contributed by atoms with E-state index in [0.29, 0.717) is 31.7 Å². The molecule has 0 heterocycles. The van der Waals surface area contributed by atoms with Crippen LogP contribution in [0.5, 0.6) is 0 Å². The molecule has 0 spiro atoms. The van der Waals surface area contributed by atoms with Gasteiger partial charge < -0.3 is 20.1 Å². The molecule has 35 heavy (non-hydrogen) atoms. The topological polar surface area (TPSA) is 95.9 Å². The highest BCUT2D eigenvalue weighted by molar-refractivity contribution is 5.79. The molecule has 3 aliphatic carbocycles. The summed E-state index contributed by atoms with van der Waals surface area (Å²) in [4.78, 5) is 38.1. The number of nitrogens with one attached hydrogen (secondary N) is 1. The summed E-state index contributed by atoms with van der Waals surface area (Å²) in [7, 11) is 1.76. The summed E-state index contributed by atoms with van der Waals surface area (Å²) in [6.07, 6.45) is 3.07. The van der Waals surface area contributed by atoms with Crippen LogP contribution in [-0.4, -0.2) is 54.2 Å². The van der Waals surface area contributed by atoms with Gasteiger partial charge in [0, 0.05) is 32.0 Å². The largest absolute Gasteiger partial charge is 0.481 e. The summed E-state index contributed by atoms with van der Waals surface area (Å²) >= 11 is 0. The van der Waals surface area contributed by atoms with Gasteiger partial charge in [0.25, 0.3) is 0 Å². The van der Waals surface area contributed by atoms with E-state index in [9.17, 15) is 14.4 Å². The highest BCUT2D eigenvalue weighted by atomic mass is 16.5. The normalized spacial score (nSPS) is 21.3. The molecule has 2 fully saturated rings. The van der Waals surface area contributed by atoms with Gasteiger partial charge in [-0.05, 0) is 59.8 Å². The smallest absolute Gasteiger partial charge is 0.407 e. The first kappa shape index (κ1) is 23.4. The van der Waals surface area contributed by atoms with Crippen molar-refractivity contribution in [3.8, 4) is 11.1 Å². The molecule has 184 valence electrons. The second kappa shape index (κ2) is 9.72. The molecular weight excluding hydrogens is 444 g/mol. The third-order valence-electron chi connectivity index (χ3n) is 7.98. The number of alkyl carbamates (subject to hydrolysis) is 1. The number of nitrogens with zero attached hydrogens (tertiary/aromatic N) is 1. The van der Waals surface area contributed by atoms with Crippen molar-refractivity contribution in [1.82, 2.24) is 10.2 Å². The quantitative estimate of drug-likeness (QED) is 0.564. The van der Waals surface area contributed by atoms with E-state index in [0.717, 1.165) is 12.8 Å². The Balaban J connectivity index is 1.12. The highest BCUT2D eigenvalue weighted by Crippen LogP contribution is 2.44. The van der Waals surface area contributed by atoms with Gasteiger partial charge in [-0.1, -0.05) is 48.5 Å². The summed E-state index contributed by atoms with van der Waals surface area (Å²) in [6.45, 7) is 0.672. The van der Waals surface area contributed by atoms with Crippen LogP contribution in [0.15, 0.2) is 48.5 Å². The van der Waals surface area contributed by atoms with E-state index in [-0.39, 0.29) is 36.3 Å². The molecular formula is C28H32N2O5. The molecule has 2 aromatic carbocycles. The molecule has 0 aliphatic heterocycles. The van der Waals surface area contributed by atoms with Crippen LogP contribution in [0.2, 0.25) is 0 Å². The zero-order valence-electron chi connectivity index (χ0n) is 20.0. The summed E-state index contributed by atoms with van der Waals surface area (Å²) in [5.41, 5.74) is 4.73. The average Bonchev–Trinajstić information content (AvgIpc) is 3.62. The fourth-order valence-corrected chi connectivity index (χ4v) is 5.51. The molecule has 0 radical (unpaired) electrons. The number of hydrogen-bond donors (Lipinski definition) is 2. The lowest BCUT2D eigenvalue weighted by Crippen LogP contribution is -2.48. The monoisotopic (exact) mass is 476 g/mol. The molecule has 7 heteroatoms. The van der Waals surface area contributed by atoms with E-state index >= 15 is 0 Å². The second-order valence-electron chi connectivity index (χ2n) is 10.2. The van der Waals surface area contributed by atoms with E-state index in [1.165, 1.54) is 22.3 Å². The number of rotatable bonds is 9. The molecule has 7 nitrogen and oxygen atoms in total. The van der Waals surface area contributed by atoms with Crippen LogP contribution in [0, 0.1) is 17.8 Å². The number of hydrogen-bond acceptors (Lipinski definition) is 4. The Morgan fingerprint density at radius 2 is 1.63 bits per heavy atom. The van der Waals surface area contributed by atoms with Crippen LogP contribution < -0.4 is 5.32 Å². The third kappa shape index (κ3) is 4.90. The average molecular weight is 477 g/mol. The number of amides is 2. The Hall–Kier alpha value is -3.35. The lowest BCUT2D eigenvalue weighted by Gasteiger charge is -2.39. The van der Waals surface area contributed by atoms with Crippen molar-refractivity contribution in [2.75, 3.05) is 20.2 Å². The Bertz CT molecular complexity index is 1080. The minimum Gasteiger partial charge on any atom is -0.481 e. The molecule has 0 saturated heterocycles. The number of benzene rings is 2. The predicted octanol–water partition coefficient (Wildman–Crippen LogP) is 4.26. The SMILES string of the molecule is CN(C(=O)CC(CNC(=O)OCC1c2ccccc2-c2ccccc21)C1CC1)C1CC(C(=O)O)C1. The van der Waals surface area contributed by atoms with Crippen LogP contribution in [0.3, 0.4) is 0 Å². The van der Waals surface area contributed by atoms with Gasteiger partial charge in [0.15, 0.2) is 0 Å². The van der Waals surface area contributed by atoms with Crippen molar-refractivity contribution in [1.29, 1.82) is 0 Å². The third-order valence-corrected chi connectivity index (χ3v) is 7.98. The molecule has 1 atom stereocenters. The number of ether oxygens (including phenoxy) is 1. The molecule has 3 aliphatic rings. The molecule has 2 aromatic rings. The molecule has 2 amide bonds. The van der Waals surface area contributed by atoms with Crippen molar-refractivity contribution in [2.45, 2.75) is 44.1 Å². The fourth-order valence-electron chi connectivity index (χ4n) is 5.51. The fraction of sp³-hybridized carbons (Fsp3) is 0.464. The van der Waals surface area contributed by atoms with E-state index in [1.807, 2.05) is 24.3 Å². The van der Waals surface area contributed by atoms with Gasteiger partial charge >= 0.3 is 12.1 Å². The molecule has 1 unspecified atom stereocenters. The van der Waals surface area contributed by atoms with Crippen molar-refractivity contribution >= 4 is 18.0 Å². The number of fused-ring (bicyclic) bond motifs is 3. The first-order valence-corrected chi connectivity index (χ1v) is 12.5. The zero-order chi connectivity index (χ0) is 24.5. The maximum Gasteiger partial charge on any atom is 0.407 e. The summed E-state index contributed by atoms with van der Waals surface area (Å²) in [5.74, 6) is -0.588. The van der Waals surface area contributed by atoms with E-state index in [4.69, 9.17) is 9.84 Å². The first-order chi connectivity index (χ1) is 16.9. The Morgan fingerprint density at radius 3 is 2.20 bits per heavy atom. The Morgan fingerprint density at radius 1 is 1.03 bits per heavy atom. The number of carbonyl (C=O) groups excluding carboxylic acids is 2. The van der Waals surface area contributed by atoms with Gasteiger partial charge in [-0.25, -0.2) is 4.79 Å². The van der Waals surface area contributed by atoms with E-state index in [1.54, 1.807) is 11.9 Å². The van der Waals surface area contributed by atoms with Gasteiger partial charge in [0.2, 0.25) is 5.91 Å². The van der Waals surface area contributed by atoms with Crippen LogP contribution in [-0.2, 0) is 14.3 Å². The summed E-state index contributed by atoms with van der Waals surface area (Å²) in [6, 6.07) is 16.5. The second-order valence-corrected chi connectivity index (χ2v) is 10.2. The minimum atomic E-state index is -0.787. The molecule has 5 rings (SSSR count). The standard InChI is InChI=1S/C28H32N2O5/c1-30(20-12-18(13-20)27(32)33)26(31)14-19(17-10-11-17)15-29-28(34)35-16-25-23-8-4-2-6-21(23)22-7-3-5-9-24(22)25/h2-9,17-20,25H,10-16H2,1H3,(H,29,34)(H,32,33). The lowest BCUT2D eigenvalue weighted by molar-refractivity contribution is -0.150. The summed E-state index contributed by atoms with van der Waals surface area (Å²) in [5, 5.41) is 12.0. The van der Waals surface area contributed by atoms with Gasteiger partial charge in [-0.2, -0.15) is 0 Å². The van der Waals surface area contributed by atoms with Crippen LogP contribution in [0.4, 0.5) is 4.79 Å². The van der Waals surface area contributed by atoms with Crippen molar-refractivity contribution in [3.63, 3.8) is 0 Å². The molecule has 2 saturated carbocycles. The van der Waals surface area contributed by atoms with Gasteiger partial charge in [-0.3, -0.25) is 9.59 Å². The van der Waals surface area contributed by atoms with Gasteiger partial charge in [0.05, 0.1) is 5.92 Å². The number of carboxylic acid groups (broad SMARTS) is 1. The molecule has 0 aromatic heterocycles. The highest BCUT2D eigenvalue weighted by Gasteiger charge is 2.40. The van der Waals surface area contributed by atoms with Crippen LogP contribution >= 0.6 is 0 Å². The Labute approximate surface area is 205 Å². The maximum absolute atomic E-state index is 12.8. The summed E-state index contributed by atoms with van der Waals surface area (Å²) < 4.78 is 5.64. The van der Waals surface area contributed by atoms with Gasteiger partial charge in [-0.15, -0.1) is 0 Å². The number of carboxylic acids is 1. The number of aliphatic carboxylic acids is 1. The molecule has 0 bridgehead atoms. The minimum absolute atomic E-state index is 0.00135. The first-order valence-electron chi connectivity index (χ1n) is 12.5. The van der Waals surface area contributed by atoms with Crippen molar-refractivity contribution < 1.29 is 24.2 Å². The molecule has 2 N–H and O–H groups in total. The maximum atomic E-state index is 12.8. The predicted molar refractivity (Wildman–Crippen MR) is 131 cm³/mol. The van der Waals surface area contributed by atoms with Crippen LogP contribution in [0.25, 0.3) is 11.1 Å². The zero-order valence-corrected chi connectivity index (χ0v) is 20.0. The van der Waals surface area contributed by atoms with E-state index < -0.39 is 12.1 Å². The van der Waals surface area contributed by atoms with E-state index in [2.05, 4.69) is 29.6 Å². The number of carbonyl (C=O) groups is 3. The van der Waals surface area contributed by atoms with Crippen molar-refractivity contribution in [3.05, 3.63) is 59.7 Å². The van der Waals surface area contributed by atoms with Gasteiger partial charge in [0.1, 0.15) is 6.61 Å².